The van der Waals surface area contributed by atoms with Gasteiger partial charge in [-0.1, -0.05) is 6.07 Å². The van der Waals surface area contributed by atoms with Crippen LogP contribution in [0.5, 0.6) is 0 Å². The molecule has 1 unspecified atom stereocenters. The lowest BCUT2D eigenvalue weighted by Crippen LogP contribution is -2.15. The Labute approximate surface area is 101 Å². The summed E-state index contributed by atoms with van der Waals surface area (Å²) in [6.07, 6.45) is -0.207. The van der Waals surface area contributed by atoms with Gasteiger partial charge < -0.3 is 10.8 Å². The Kier molecular flexibility index (Phi) is 5.79. The monoisotopic (exact) mass is 297 g/mol. The lowest BCUT2D eigenvalue weighted by Gasteiger charge is -2.09. The van der Waals surface area contributed by atoms with Crippen LogP contribution in [-0.4, -0.2) is 11.1 Å². The van der Waals surface area contributed by atoms with Crippen LogP contribution in [0.2, 0.25) is 0 Å². The molecule has 0 aromatic heterocycles. The van der Waals surface area contributed by atoms with Crippen molar-refractivity contribution in [2.45, 2.75) is 12.5 Å². The van der Waals surface area contributed by atoms with Crippen LogP contribution < -0.4 is 5.73 Å². The molecule has 0 radical (unpaired) electrons. The van der Waals surface area contributed by atoms with Crippen LogP contribution in [0, 0.1) is 5.82 Å². The van der Waals surface area contributed by atoms with E-state index in [4.69, 9.17) is 10.8 Å². The third-order valence-corrected chi connectivity index (χ3v) is 2.41. The van der Waals surface area contributed by atoms with Gasteiger partial charge in [0.15, 0.2) is 0 Å². The molecule has 1 rings (SSSR count). The van der Waals surface area contributed by atoms with Gasteiger partial charge in [-0.3, -0.25) is 4.79 Å². The summed E-state index contributed by atoms with van der Waals surface area (Å²) in [5.74, 6) is -1.44. The zero-order chi connectivity index (χ0) is 10.7. The third-order valence-electron chi connectivity index (χ3n) is 1.77. The molecule has 1 aromatic rings. The molecule has 0 bridgehead atoms. The summed E-state index contributed by atoms with van der Waals surface area (Å²) in [5.41, 5.74) is 6.03. The molecule has 6 heteroatoms. The number of nitrogens with two attached hydrogens (primary N) is 1. The van der Waals surface area contributed by atoms with Crippen molar-refractivity contribution in [3.8, 4) is 0 Å². The number of benzene rings is 1. The molecule has 0 fully saturated rings. The maximum absolute atomic E-state index is 13.0. The Morgan fingerprint density at radius 1 is 1.60 bits per heavy atom. The van der Waals surface area contributed by atoms with E-state index >= 15 is 0 Å². The number of rotatable bonds is 3. The Hall–Kier alpha value is -0.650. The van der Waals surface area contributed by atoms with Crippen LogP contribution in [0.1, 0.15) is 18.0 Å². The molecule has 0 saturated carbocycles. The number of carbonyl (C=O) groups is 1. The van der Waals surface area contributed by atoms with Gasteiger partial charge in [0.1, 0.15) is 5.82 Å². The zero-order valence-corrected chi connectivity index (χ0v) is 10.0. The molecule has 0 heterocycles. The van der Waals surface area contributed by atoms with E-state index in [1.807, 2.05) is 0 Å². The molecule has 0 spiro atoms. The third kappa shape index (κ3) is 4.15. The van der Waals surface area contributed by atoms with E-state index in [1.54, 1.807) is 6.07 Å². The van der Waals surface area contributed by atoms with Crippen molar-refractivity contribution >= 4 is 34.3 Å². The average Bonchev–Trinajstić information content (AvgIpc) is 2.08. The lowest BCUT2D eigenvalue weighted by molar-refractivity contribution is -0.137. The second kappa shape index (κ2) is 6.05. The second-order valence-corrected chi connectivity index (χ2v) is 3.73. The number of hydrogen-bond donors (Lipinski definition) is 2. The number of hydrogen-bond acceptors (Lipinski definition) is 2. The van der Waals surface area contributed by atoms with Crippen molar-refractivity contribution in [3.63, 3.8) is 0 Å². The van der Waals surface area contributed by atoms with Crippen LogP contribution in [0.25, 0.3) is 0 Å². The van der Waals surface area contributed by atoms with Crippen LogP contribution >= 0.6 is 28.3 Å². The summed E-state index contributed by atoms with van der Waals surface area (Å²) in [6, 6.07) is 3.67. The summed E-state index contributed by atoms with van der Waals surface area (Å²) in [5, 5.41) is 8.49. The number of halogens is 3. The summed E-state index contributed by atoms with van der Waals surface area (Å²) in [6.45, 7) is 0. The number of aliphatic carboxylic acids is 1. The van der Waals surface area contributed by atoms with E-state index in [-0.39, 0.29) is 18.8 Å². The van der Waals surface area contributed by atoms with Gasteiger partial charge in [-0.05, 0) is 33.6 Å². The van der Waals surface area contributed by atoms with Gasteiger partial charge in [-0.25, -0.2) is 4.39 Å². The summed E-state index contributed by atoms with van der Waals surface area (Å²) >= 11 is 3.00. The molecule has 1 aromatic carbocycles. The Balaban J connectivity index is 0.00000196. The minimum Gasteiger partial charge on any atom is -0.481 e. The van der Waals surface area contributed by atoms with Gasteiger partial charge in [-0.2, -0.15) is 0 Å². The molecule has 3 N–H and O–H groups in total. The number of carboxylic acid groups (broad SMARTS) is 1. The SMILES string of the molecule is Cl.NC(CC(=O)O)c1ccc(Br)c(F)c1. The molecular weight excluding hydrogens is 288 g/mol. The molecule has 0 aliphatic carbocycles. The van der Waals surface area contributed by atoms with Gasteiger partial charge in [0.2, 0.25) is 0 Å². The highest BCUT2D eigenvalue weighted by molar-refractivity contribution is 9.10. The van der Waals surface area contributed by atoms with Crippen LogP contribution in [0.4, 0.5) is 4.39 Å². The predicted octanol–water partition coefficient (Wildman–Crippen LogP) is 2.48. The molecular formula is C9H10BrClFNO2. The Morgan fingerprint density at radius 3 is 2.67 bits per heavy atom. The summed E-state index contributed by atoms with van der Waals surface area (Å²) in [7, 11) is 0. The smallest absolute Gasteiger partial charge is 0.305 e. The fraction of sp³-hybridized carbons (Fsp3) is 0.222. The highest BCUT2D eigenvalue weighted by atomic mass is 79.9. The normalized spacial score (nSPS) is 11.7. The highest BCUT2D eigenvalue weighted by Gasteiger charge is 2.11. The van der Waals surface area contributed by atoms with Crippen LogP contribution in [0.3, 0.4) is 0 Å². The van der Waals surface area contributed by atoms with E-state index in [0.717, 1.165) is 0 Å². The van der Waals surface area contributed by atoms with Gasteiger partial charge in [0.05, 0.1) is 10.9 Å². The van der Waals surface area contributed by atoms with Crippen molar-refractivity contribution in [3.05, 3.63) is 34.1 Å². The molecule has 0 aliphatic rings. The highest BCUT2D eigenvalue weighted by Crippen LogP contribution is 2.21. The van der Waals surface area contributed by atoms with Crippen molar-refractivity contribution in [2.24, 2.45) is 5.73 Å². The summed E-state index contributed by atoms with van der Waals surface area (Å²) in [4.78, 5) is 10.4. The van der Waals surface area contributed by atoms with Crippen molar-refractivity contribution in [1.29, 1.82) is 0 Å². The quantitative estimate of drug-likeness (QED) is 0.901. The van der Waals surface area contributed by atoms with Crippen LogP contribution in [0.15, 0.2) is 22.7 Å². The minimum absolute atomic E-state index is 0. The largest absolute Gasteiger partial charge is 0.481 e. The van der Waals surface area contributed by atoms with Gasteiger partial charge in [0.25, 0.3) is 0 Å². The van der Waals surface area contributed by atoms with E-state index in [9.17, 15) is 9.18 Å². The number of carboxylic acids is 1. The average molecular weight is 299 g/mol. The second-order valence-electron chi connectivity index (χ2n) is 2.88. The molecule has 0 amide bonds. The molecule has 0 aliphatic heterocycles. The predicted molar refractivity (Wildman–Crippen MR) is 60.5 cm³/mol. The first-order chi connectivity index (χ1) is 6.50. The van der Waals surface area contributed by atoms with Crippen LogP contribution in [-0.2, 0) is 4.79 Å². The first-order valence-corrected chi connectivity index (χ1v) is 4.72. The van der Waals surface area contributed by atoms with Crippen molar-refractivity contribution < 1.29 is 14.3 Å². The van der Waals surface area contributed by atoms with Gasteiger partial charge >= 0.3 is 5.97 Å². The first kappa shape index (κ1) is 14.3. The van der Waals surface area contributed by atoms with Crippen molar-refractivity contribution in [1.82, 2.24) is 0 Å². The molecule has 15 heavy (non-hydrogen) atoms. The molecule has 0 saturated heterocycles. The first-order valence-electron chi connectivity index (χ1n) is 3.93. The van der Waals surface area contributed by atoms with Gasteiger partial charge in [-0.15, -0.1) is 12.4 Å². The lowest BCUT2D eigenvalue weighted by atomic mass is 10.1. The topological polar surface area (TPSA) is 63.3 Å². The summed E-state index contributed by atoms with van der Waals surface area (Å²) < 4.78 is 13.4. The maximum atomic E-state index is 13.0. The van der Waals surface area contributed by atoms with E-state index < -0.39 is 17.8 Å². The Morgan fingerprint density at radius 2 is 2.20 bits per heavy atom. The fourth-order valence-electron chi connectivity index (χ4n) is 1.05. The molecule has 3 nitrogen and oxygen atoms in total. The maximum Gasteiger partial charge on any atom is 0.305 e. The minimum atomic E-state index is -0.999. The zero-order valence-electron chi connectivity index (χ0n) is 7.61. The fourth-order valence-corrected chi connectivity index (χ4v) is 1.30. The Bertz CT molecular complexity index is 362. The van der Waals surface area contributed by atoms with E-state index in [0.29, 0.717) is 10.0 Å². The molecule has 1 atom stereocenters. The van der Waals surface area contributed by atoms with Crippen molar-refractivity contribution in [2.75, 3.05) is 0 Å². The van der Waals surface area contributed by atoms with E-state index in [1.165, 1.54) is 12.1 Å². The van der Waals surface area contributed by atoms with Gasteiger partial charge in [0, 0.05) is 6.04 Å². The molecule has 84 valence electrons. The van der Waals surface area contributed by atoms with E-state index in [2.05, 4.69) is 15.9 Å². The standard InChI is InChI=1S/C9H9BrFNO2.ClH/c10-6-2-1-5(3-7(6)11)8(12)4-9(13)14;/h1-3,8H,4,12H2,(H,13,14);1H.